The van der Waals surface area contributed by atoms with Crippen molar-refractivity contribution in [1.29, 1.82) is 0 Å². The molecule has 5 rings (SSSR count). The van der Waals surface area contributed by atoms with E-state index >= 15 is 0 Å². The zero-order valence-corrected chi connectivity index (χ0v) is 21.9. The lowest BCUT2D eigenvalue weighted by molar-refractivity contribution is 0.160. The van der Waals surface area contributed by atoms with Crippen LogP contribution in [0.4, 0.5) is 5.82 Å². The van der Waals surface area contributed by atoms with Gasteiger partial charge in [-0.1, -0.05) is 6.07 Å². The number of benzene rings is 1. The van der Waals surface area contributed by atoms with E-state index in [0.717, 1.165) is 54.2 Å². The Morgan fingerprint density at radius 2 is 1.77 bits per heavy atom. The fourth-order valence-corrected chi connectivity index (χ4v) is 6.12. The van der Waals surface area contributed by atoms with Crippen LogP contribution in [0, 0.1) is 0 Å². The van der Waals surface area contributed by atoms with Gasteiger partial charge in [-0.05, 0) is 89.6 Å². The summed E-state index contributed by atoms with van der Waals surface area (Å²) >= 11 is 0. The number of piperidine rings is 1. The number of nitrogens with zero attached hydrogens (tertiary/aromatic N) is 5. The van der Waals surface area contributed by atoms with Crippen LogP contribution < -0.4 is 15.0 Å². The van der Waals surface area contributed by atoms with Gasteiger partial charge in [-0.15, -0.1) is 10.2 Å². The maximum absolute atomic E-state index is 5.70. The maximum atomic E-state index is 5.70. The van der Waals surface area contributed by atoms with E-state index in [2.05, 4.69) is 89.2 Å². The molecule has 1 N–H and O–H groups in total. The van der Waals surface area contributed by atoms with E-state index in [0.29, 0.717) is 6.04 Å². The average Bonchev–Trinajstić information content (AvgIpc) is 3.25. The van der Waals surface area contributed by atoms with E-state index in [-0.39, 0.29) is 11.1 Å². The fraction of sp³-hybridized carbons (Fsp3) is 0.536. The van der Waals surface area contributed by atoms with Crippen LogP contribution in [0.1, 0.15) is 59.1 Å². The smallest absolute Gasteiger partial charge is 0.151 e. The van der Waals surface area contributed by atoms with Gasteiger partial charge in [0.2, 0.25) is 0 Å². The molecule has 2 aliphatic heterocycles. The minimum absolute atomic E-state index is 0.0784. The molecule has 4 heterocycles. The lowest BCUT2D eigenvalue weighted by Gasteiger charge is -2.49. The highest BCUT2D eigenvalue weighted by Gasteiger charge is 2.39. The first kappa shape index (κ1) is 23.8. The molecule has 7 heteroatoms. The first-order valence-electron chi connectivity index (χ1n) is 12.8. The summed E-state index contributed by atoms with van der Waals surface area (Å²) in [5.74, 6) is 1.69. The molecule has 35 heavy (non-hydrogen) atoms. The van der Waals surface area contributed by atoms with Crippen molar-refractivity contribution in [2.24, 2.45) is 0 Å². The number of aromatic nitrogens is 4. The summed E-state index contributed by atoms with van der Waals surface area (Å²) in [6.45, 7) is 10.1. The molecule has 0 spiro atoms. The number of ether oxygens (including phenoxy) is 1. The monoisotopic (exact) mass is 474 g/mol. The largest absolute Gasteiger partial charge is 0.496 e. The first-order valence-corrected chi connectivity index (χ1v) is 12.8. The Bertz CT molecular complexity index is 1180. The van der Waals surface area contributed by atoms with Crippen molar-refractivity contribution < 1.29 is 4.74 Å². The SMILES string of the molecule is COc1ccc(-c2cnn3c2CCCC3)cc1-c1ccc(N(C)C2CC(C)(C)NC(C)(C)C2)nn1. The molecule has 2 aliphatic rings. The van der Waals surface area contributed by atoms with Gasteiger partial charge in [-0.25, -0.2) is 0 Å². The molecule has 0 radical (unpaired) electrons. The van der Waals surface area contributed by atoms with Crippen molar-refractivity contribution >= 4 is 5.82 Å². The van der Waals surface area contributed by atoms with Crippen LogP contribution in [0.25, 0.3) is 22.4 Å². The number of aryl methyl sites for hydroxylation is 1. The number of fused-ring (bicyclic) bond motifs is 1. The number of hydrogen-bond donors (Lipinski definition) is 1. The van der Waals surface area contributed by atoms with Crippen LogP contribution in [0.15, 0.2) is 36.5 Å². The van der Waals surface area contributed by atoms with Gasteiger partial charge in [0.25, 0.3) is 0 Å². The summed E-state index contributed by atoms with van der Waals surface area (Å²) in [4.78, 5) is 2.29. The van der Waals surface area contributed by atoms with Crippen LogP contribution in [0.5, 0.6) is 5.75 Å². The number of anilines is 1. The number of methoxy groups -OCH3 is 1. The minimum Gasteiger partial charge on any atom is -0.496 e. The highest BCUT2D eigenvalue weighted by molar-refractivity contribution is 5.77. The van der Waals surface area contributed by atoms with Crippen LogP contribution >= 0.6 is 0 Å². The number of nitrogens with one attached hydrogen (secondary N) is 1. The van der Waals surface area contributed by atoms with Crippen LogP contribution in [0.3, 0.4) is 0 Å². The lowest BCUT2D eigenvalue weighted by Crippen LogP contribution is -2.62. The van der Waals surface area contributed by atoms with Gasteiger partial charge >= 0.3 is 0 Å². The molecule has 1 aromatic carbocycles. The molecule has 1 fully saturated rings. The van der Waals surface area contributed by atoms with E-state index in [4.69, 9.17) is 4.74 Å². The summed E-state index contributed by atoms with van der Waals surface area (Å²) in [5.41, 5.74) is 5.59. The van der Waals surface area contributed by atoms with Crippen molar-refractivity contribution in [1.82, 2.24) is 25.3 Å². The fourth-order valence-electron chi connectivity index (χ4n) is 6.12. The first-order chi connectivity index (χ1) is 16.7. The van der Waals surface area contributed by atoms with Crippen LogP contribution in [-0.2, 0) is 13.0 Å². The summed E-state index contributed by atoms with van der Waals surface area (Å²) < 4.78 is 7.85. The molecule has 186 valence electrons. The van der Waals surface area contributed by atoms with Crippen LogP contribution in [-0.4, -0.2) is 51.3 Å². The van der Waals surface area contributed by atoms with Crippen molar-refractivity contribution in [2.45, 2.75) is 83.5 Å². The van der Waals surface area contributed by atoms with Gasteiger partial charge in [-0.3, -0.25) is 4.68 Å². The van der Waals surface area contributed by atoms with Gasteiger partial charge in [0.05, 0.1) is 19.0 Å². The molecule has 0 atom stereocenters. The predicted octanol–water partition coefficient (Wildman–Crippen LogP) is 5.10. The Balaban J connectivity index is 1.43. The van der Waals surface area contributed by atoms with Crippen LogP contribution in [0.2, 0.25) is 0 Å². The van der Waals surface area contributed by atoms with E-state index < -0.39 is 0 Å². The molecule has 0 bridgehead atoms. The number of hydrogen-bond acceptors (Lipinski definition) is 6. The van der Waals surface area contributed by atoms with Gasteiger partial charge < -0.3 is 15.0 Å². The third-order valence-corrected chi connectivity index (χ3v) is 7.50. The topological polar surface area (TPSA) is 68.1 Å². The van der Waals surface area contributed by atoms with E-state index in [1.807, 2.05) is 12.3 Å². The Morgan fingerprint density at radius 1 is 1.00 bits per heavy atom. The Morgan fingerprint density at radius 3 is 2.46 bits per heavy atom. The second-order valence-corrected chi connectivity index (χ2v) is 11.4. The van der Waals surface area contributed by atoms with Gasteiger partial charge in [0, 0.05) is 47.5 Å². The third-order valence-electron chi connectivity index (χ3n) is 7.50. The maximum Gasteiger partial charge on any atom is 0.151 e. The summed E-state index contributed by atoms with van der Waals surface area (Å²) in [7, 11) is 3.84. The summed E-state index contributed by atoms with van der Waals surface area (Å²) in [5, 5.41) is 17.7. The van der Waals surface area contributed by atoms with Crippen molar-refractivity contribution in [3.05, 3.63) is 42.2 Å². The van der Waals surface area contributed by atoms with E-state index in [1.165, 1.54) is 24.1 Å². The van der Waals surface area contributed by atoms with E-state index in [1.54, 1.807) is 7.11 Å². The highest BCUT2D eigenvalue weighted by atomic mass is 16.5. The standard InChI is InChI=1S/C28H38N6O/c1-27(2)16-20(17-28(3,4)32-27)33(5)26-13-11-23(30-31-26)21-15-19(10-12-25(21)35-6)22-18-29-34-14-8-7-9-24(22)34/h10-13,15,18,20,32H,7-9,14,16-17H2,1-6H3. The second-order valence-electron chi connectivity index (χ2n) is 11.4. The lowest BCUT2D eigenvalue weighted by atomic mass is 9.79. The zero-order valence-electron chi connectivity index (χ0n) is 21.9. The molecular formula is C28H38N6O. The molecule has 7 nitrogen and oxygen atoms in total. The van der Waals surface area contributed by atoms with E-state index in [9.17, 15) is 0 Å². The highest BCUT2D eigenvalue weighted by Crippen LogP contribution is 2.36. The van der Waals surface area contributed by atoms with Crippen molar-refractivity contribution in [2.75, 3.05) is 19.1 Å². The molecule has 2 aromatic heterocycles. The Labute approximate surface area is 208 Å². The van der Waals surface area contributed by atoms with Gasteiger partial charge in [-0.2, -0.15) is 5.10 Å². The molecule has 1 saturated heterocycles. The second kappa shape index (κ2) is 8.94. The third kappa shape index (κ3) is 4.79. The summed E-state index contributed by atoms with van der Waals surface area (Å²) in [6, 6.07) is 10.8. The van der Waals surface area contributed by atoms with Gasteiger partial charge in [0.15, 0.2) is 5.82 Å². The average molecular weight is 475 g/mol. The normalized spacial score (nSPS) is 19.3. The zero-order chi connectivity index (χ0) is 24.8. The molecule has 3 aromatic rings. The molecule has 0 amide bonds. The quantitative estimate of drug-likeness (QED) is 0.555. The van der Waals surface area contributed by atoms with Crippen molar-refractivity contribution in [3.8, 4) is 28.1 Å². The van der Waals surface area contributed by atoms with Gasteiger partial charge in [0.1, 0.15) is 5.75 Å². The Hall–Kier alpha value is -2.93. The molecule has 0 aliphatic carbocycles. The number of rotatable bonds is 5. The Kier molecular flexibility index (Phi) is 6.08. The predicted molar refractivity (Wildman–Crippen MR) is 141 cm³/mol. The molecular weight excluding hydrogens is 436 g/mol. The molecule has 0 unspecified atom stereocenters. The minimum atomic E-state index is 0.0784. The molecule has 0 saturated carbocycles. The summed E-state index contributed by atoms with van der Waals surface area (Å²) in [6.07, 6.45) is 7.60. The van der Waals surface area contributed by atoms with Crippen molar-refractivity contribution in [3.63, 3.8) is 0 Å².